The van der Waals surface area contributed by atoms with E-state index in [0.29, 0.717) is 0 Å². The van der Waals surface area contributed by atoms with Crippen molar-refractivity contribution in [2.75, 3.05) is 11.5 Å². The Labute approximate surface area is 181 Å². The maximum atomic E-state index is 4.35. The third kappa shape index (κ3) is 15.8. The molecule has 0 aliphatic heterocycles. The number of aromatic nitrogens is 2. The average molecular weight is 431 g/mol. The summed E-state index contributed by atoms with van der Waals surface area (Å²) in [5.41, 5.74) is 0. The molecule has 1 rings (SSSR count). The van der Waals surface area contributed by atoms with Crippen LogP contribution in [0.15, 0.2) is 8.68 Å². The Morgan fingerprint density at radius 2 is 0.852 bits per heavy atom. The highest BCUT2D eigenvalue weighted by atomic mass is 32.2. The first-order valence-corrected chi connectivity index (χ1v) is 14.2. The molecule has 0 bridgehead atoms. The van der Waals surface area contributed by atoms with Gasteiger partial charge in [0, 0.05) is 11.5 Å². The van der Waals surface area contributed by atoms with E-state index in [4.69, 9.17) is 0 Å². The highest BCUT2D eigenvalue weighted by Gasteiger charge is 2.05. The van der Waals surface area contributed by atoms with Gasteiger partial charge in [0.25, 0.3) is 0 Å². The number of thioether (sulfide) groups is 2. The van der Waals surface area contributed by atoms with Crippen LogP contribution in [0.3, 0.4) is 0 Å². The highest BCUT2D eigenvalue weighted by Crippen LogP contribution is 2.30. The van der Waals surface area contributed by atoms with E-state index < -0.39 is 0 Å². The summed E-state index contributed by atoms with van der Waals surface area (Å²) in [6.45, 7) is 4.57. The number of hydrogen-bond donors (Lipinski definition) is 0. The van der Waals surface area contributed by atoms with Crippen LogP contribution >= 0.6 is 34.9 Å². The van der Waals surface area contributed by atoms with Gasteiger partial charge in [0.2, 0.25) is 0 Å². The van der Waals surface area contributed by atoms with E-state index in [2.05, 4.69) is 24.0 Å². The molecular formula is C22H42N2S3. The Morgan fingerprint density at radius 1 is 0.519 bits per heavy atom. The Kier molecular flexibility index (Phi) is 18.3. The molecule has 1 heterocycles. The zero-order chi connectivity index (χ0) is 19.4. The second-order valence-corrected chi connectivity index (χ2v) is 11.1. The Balaban J connectivity index is 1.90. The molecule has 1 aromatic rings. The molecule has 0 N–H and O–H groups in total. The van der Waals surface area contributed by atoms with E-state index in [1.165, 1.54) is 114 Å². The molecule has 0 saturated carbocycles. The van der Waals surface area contributed by atoms with Gasteiger partial charge in [-0.15, -0.1) is 10.2 Å². The quantitative estimate of drug-likeness (QED) is 0.152. The molecule has 5 heteroatoms. The lowest BCUT2D eigenvalue weighted by atomic mass is 10.1. The molecule has 0 fully saturated rings. The third-order valence-electron chi connectivity index (χ3n) is 4.83. The van der Waals surface area contributed by atoms with Crippen LogP contribution in [-0.4, -0.2) is 21.7 Å². The van der Waals surface area contributed by atoms with Gasteiger partial charge in [-0.2, -0.15) is 0 Å². The smallest absolute Gasteiger partial charge is 0.131 e. The van der Waals surface area contributed by atoms with E-state index in [1.807, 2.05) is 23.5 Å². The van der Waals surface area contributed by atoms with Gasteiger partial charge >= 0.3 is 0 Å². The zero-order valence-electron chi connectivity index (χ0n) is 17.8. The monoisotopic (exact) mass is 430 g/mol. The summed E-state index contributed by atoms with van der Waals surface area (Å²) in [5, 5.41) is 8.70. The Bertz CT molecular complexity index is 387. The molecule has 0 aliphatic carbocycles. The molecule has 0 amide bonds. The first-order chi connectivity index (χ1) is 13.4. The molecule has 0 atom stereocenters. The van der Waals surface area contributed by atoms with Crippen molar-refractivity contribution in [2.45, 2.75) is 125 Å². The molecule has 1 aromatic heterocycles. The van der Waals surface area contributed by atoms with Crippen molar-refractivity contribution in [2.24, 2.45) is 0 Å². The first kappa shape index (κ1) is 25.3. The fraction of sp³-hybridized carbons (Fsp3) is 0.909. The second-order valence-electron chi connectivity index (χ2n) is 7.48. The summed E-state index contributed by atoms with van der Waals surface area (Å²) >= 11 is 5.59. The van der Waals surface area contributed by atoms with E-state index in [9.17, 15) is 0 Å². The predicted molar refractivity (Wildman–Crippen MR) is 127 cm³/mol. The van der Waals surface area contributed by atoms with E-state index >= 15 is 0 Å². The summed E-state index contributed by atoms with van der Waals surface area (Å²) in [4.78, 5) is 0. The fourth-order valence-electron chi connectivity index (χ4n) is 3.10. The summed E-state index contributed by atoms with van der Waals surface area (Å²) < 4.78 is 2.33. The van der Waals surface area contributed by atoms with Gasteiger partial charge in [-0.05, 0) is 12.8 Å². The number of hydrogen-bond acceptors (Lipinski definition) is 5. The average Bonchev–Trinajstić information content (AvgIpc) is 3.13. The van der Waals surface area contributed by atoms with Gasteiger partial charge in [0.05, 0.1) is 0 Å². The lowest BCUT2D eigenvalue weighted by Crippen LogP contribution is -1.83. The van der Waals surface area contributed by atoms with Crippen LogP contribution < -0.4 is 0 Å². The normalized spacial score (nSPS) is 11.3. The van der Waals surface area contributed by atoms with Crippen molar-refractivity contribution in [1.29, 1.82) is 0 Å². The molecule has 0 radical (unpaired) electrons. The SMILES string of the molecule is CCCCCCCCCCSc1nnc(SCCCCCCCCCC)s1. The Morgan fingerprint density at radius 3 is 1.22 bits per heavy atom. The van der Waals surface area contributed by atoms with Crippen molar-refractivity contribution in [1.82, 2.24) is 10.2 Å². The van der Waals surface area contributed by atoms with E-state index in [1.54, 1.807) is 11.3 Å². The third-order valence-corrected chi connectivity index (χ3v) is 8.20. The highest BCUT2D eigenvalue weighted by molar-refractivity contribution is 8.03. The molecule has 27 heavy (non-hydrogen) atoms. The van der Waals surface area contributed by atoms with Crippen molar-refractivity contribution >= 4 is 34.9 Å². The van der Waals surface area contributed by atoms with Crippen LogP contribution in [-0.2, 0) is 0 Å². The molecule has 158 valence electrons. The molecule has 0 unspecified atom stereocenters. The summed E-state index contributed by atoms with van der Waals surface area (Å²) in [6.07, 6.45) is 22.2. The van der Waals surface area contributed by atoms with E-state index in [-0.39, 0.29) is 0 Å². The molecule has 0 spiro atoms. The van der Waals surface area contributed by atoms with E-state index in [0.717, 1.165) is 8.68 Å². The molecule has 0 aromatic carbocycles. The fourth-order valence-corrected chi connectivity index (χ4v) is 6.26. The maximum Gasteiger partial charge on any atom is 0.175 e. The van der Waals surface area contributed by atoms with Crippen LogP contribution in [0.1, 0.15) is 117 Å². The van der Waals surface area contributed by atoms with Crippen molar-refractivity contribution in [3.05, 3.63) is 0 Å². The van der Waals surface area contributed by atoms with Crippen LogP contribution in [0.2, 0.25) is 0 Å². The summed E-state index contributed by atoms with van der Waals surface area (Å²) in [5.74, 6) is 2.40. The minimum absolute atomic E-state index is 1.16. The predicted octanol–water partition coefficient (Wildman–Crippen LogP) is 9.00. The molecular weight excluding hydrogens is 388 g/mol. The topological polar surface area (TPSA) is 25.8 Å². The van der Waals surface area contributed by atoms with Gasteiger partial charge in [-0.3, -0.25) is 0 Å². The van der Waals surface area contributed by atoms with Gasteiger partial charge < -0.3 is 0 Å². The van der Waals surface area contributed by atoms with Crippen molar-refractivity contribution in [3.8, 4) is 0 Å². The van der Waals surface area contributed by atoms with Crippen LogP contribution in [0.5, 0.6) is 0 Å². The van der Waals surface area contributed by atoms with Crippen LogP contribution in [0, 0.1) is 0 Å². The van der Waals surface area contributed by atoms with Gasteiger partial charge in [0.15, 0.2) is 8.68 Å². The Hall–Kier alpha value is 0.260. The summed E-state index contributed by atoms with van der Waals surface area (Å²) in [6, 6.07) is 0. The largest absolute Gasteiger partial charge is 0.175 e. The first-order valence-electron chi connectivity index (χ1n) is 11.5. The molecule has 2 nitrogen and oxygen atoms in total. The van der Waals surface area contributed by atoms with Gasteiger partial charge in [-0.25, -0.2) is 0 Å². The number of rotatable bonds is 20. The summed E-state index contributed by atoms with van der Waals surface area (Å²) in [7, 11) is 0. The minimum atomic E-state index is 1.16. The van der Waals surface area contributed by atoms with Crippen molar-refractivity contribution < 1.29 is 0 Å². The second kappa shape index (κ2) is 19.6. The molecule has 0 saturated heterocycles. The molecule has 0 aliphatic rings. The maximum absolute atomic E-state index is 4.35. The lowest BCUT2D eigenvalue weighted by Gasteiger charge is -2.01. The number of unbranched alkanes of at least 4 members (excludes halogenated alkanes) is 14. The number of nitrogens with zero attached hydrogens (tertiary/aromatic N) is 2. The zero-order valence-corrected chi connectivity index (χ0v) is 20.3. The van der Waals surface area contributed by atoms with Crippen LogP contribution in [0.4, 0.5) is 0 Å². The van der Waals surface area contributed by atoms with Crippen molar-refractivity contribution in [3.63, 3.8) is 0 Å². The van der Waals surface area contributed by atoms with Crippen LogP contribution in [0.25, 0.3) is 0 Å². The van der Waals surface area contributed by atoms with Gasteiger partial charge in [0.1, 0.15) is 0 Å². The van der Waals surface area contributed by atoms with Gasteiger partial charge in [-0.1, -0.05) is 139 Å². The standard InChI is InChI=1S/C22H42N2S3/c1-3-5-7-9-11-13-15-17-19-25-21-23-24-22(27-21)26-20-18-16-14-12-10-8-6-4-2/h3-20H2,1-2H3. The lowest BCUT2D eigenvalue weighted by molar-refractivity contribution is 0.586. The minimum Gasteiger partial charge on any atom is -0.131 e.